The van der Waals surface area contributed by atoms with Crippen molar-refractivity contribution in [2.45, 2.75) is 23.2 Å². The van der Waals surface area contributed by atoms with Gasteiger partial charge in [-0.15, -0.1) is 0 Å². The van der Waals surface area contributed by atoms with Gasteiger partial charge < -0.3 is 5.32 Å². The Bertz CT molecular complexity index is 619. The Morgan fingerprint density at radius 3 is 2.57 bits per heavy atom. The van der Waals surface area contributed by atoms with Crippen molar-refractivity contribution in [1.29, 1.82) is 0 Å². The van der Waals surface area contributed by atoms with Crippen LogP contribution in [0.1, 0.15) is 12.6 Å². The number of rotatable bonds is 4. The minimum absolute atomic E-state index is 0.0659. The largest absolute Gasteiger partial charge is 0.433 e. The molecule has 2 aromatic heterocycles. The summed E-state index contributed by atoms with van der Waals surface area (Å²) < 4.78 is 38.5. The van der Waals surface area contributed by atoms with Gasteiger partial charge in [-0.2, -0.15) is 13.2 Å². The molecule has 0 spiro atoms. The van der Waals surface area contributed by atoms with E-state index in [2.05, 4.69) is 20.3 Å². The van der Waals surface area contributed by atoms with E-state index in [1.54, 1.807) is 19.1 Å². The number of nitrogens with zero attached hydrogens (tertiary/aromatic N) is 3. The molecule has 4 nitrogen and oxygen atoms in total. The van der Waals surface area contributed by atoms with Crippen LogP contribution in [-0.4, -0.2) is 21.5 Å². The van der Waals surface area contributed by atoms with E-state index in [0.29, 0.717) is 16.6 Å². The summed E-state index contributed by atoms with van der Waals surface area (Å²) in [7, 11) is 0. The van der Waals surface area contributed by atoms with Crippen LogP contribution in [0.4, 0.5) is 19.1 Å². The maximum atomic E-state index is 12.8. The van der Waals surface area contributed by atoms with Crippen molar-refractivity contribution in [1.82, 2.24) is 15.0 Å². The molecule has 0 unspecified atom stereocenters. The van der Waals surface area contributed by atoms with Crippen molar-refractivity contribution in [3.8, 4) is 0 Å². The fourth-order valence-electron chi connectivity index (χ4n) is 1.39. The molecule has 0 atom stereocenters. The van der Waals surface area contributed by atoms with Crippen LogP contribution >= 0.6 is 23.4 Å². The normalized spacial score (nSPS) is 11.5. The molecule has 21 heavy (non-hydrogen) atoms. The van der Waals surface area contributed by atoms with Gasteiger partial charge in [0.1, 0.15) is 10.1 Å². The van der Waals surface area contributed by atoms with Gasteiger partial charge in [0, 0.05) is 18.8 Å². The van der Waals surface area contributed by atoms with Crippen LogP contribution in [-0.2, 0) is 6.18 Å². The molecule has 112 valence electrons. The van der Waals surface area contributed by atoms with Crippen molar-refractivity contribution in [3.63, 3.8) is 0 Å². The van der Waals surface area contributed by atoms with E-state index in [-0.39, 0.29) is 11.0 Å². The topological polar surface area (TPSA) is 50.7 Å². The van der Waals surface area contributed by atoms with Gasteiger partial charge >= 0.3 is 6.18 Å². The van der Waals surface area contributed by atoms with Crippen molar-refractivity contribution in [3.05, 3.63) is 35.1 Å². The summed E-state index contributed by atoms with van der Waals surface area (Å²) in [5.74, 6) is -0.0659. The third-order valence-electron chi connectivity index (χ3n) is 2.24. The zero-order valence-electron chi connectivity index (χ0n) is 10.8. The Hall–Kier alpha value is -1.54. The molecule has 0 aliphatic heterocycles. The molecule has 9 heteroatoms. The smallest absolute Gasteiger partial charge is 0.354 e. The lowest BCUT2D eigenvalue weighted by Gasteiger charge is -2.10. The number of nitrogens with one attached hydrogen (secondary N) is 1. The Labute approximate surface area is 128 Å². The second kappa shape index (κ2) is 6.48. The molecule has 0 aliphatic rings. The van der Waals surface area contributed by atoms with E-state index in [4.69, 9.17) is 11.6 Å². The Morgan fingerprint density at radius 2 is 2.00 bits per heavy atom. The second-order valence-electron chi connectivity index (χ2n) is 3.86. The number of hydrogen-bond acceptors (Lipinski definition) is 5. The summed E-state index contributed by atoms with van der Waals surface area (Å²) in [4.78, 5) is 11.5. The highest BCUT2D eigenvalue weighted by Crippen LogP contribution is 2.32. The van der Waals surface area contributed by atoms with Gasteiger partial charge in [-0.05, 0) is 30.8 Å². The molecule has 2 aromatic rings. The number of alkyl halides is 3. The number of pyridine rings is 1. The Morgan fingerprint density at radius 1 is 1.24 bits per heavy atom. The molecular weight excluding hydrogens is 325 g/mol. The summed E-state index contributed by atoms with van der Waals surface area (Å²) in [6.45, 7) is 2.17. The quantitative estimate of drug-likeness (QED) is 0.852. The highest BCUT2D eigenvalue weighted by Gasteiger charge is 2.33. The molecular formula is C12H10ClF3N4S. The highest BCUT2D eigenvalue weighted by atomic mass is 35.5. The second-order valence-corrected chi connectivity index (χ2v) is 5.34. The predicted molar refractivity (Wildman–Crippen MR) is 74.6 cm³/mol. The lowest BCUT2D eigenvalue weighted by Crippen LogP contribution is -2.12. The number of hydrogen-bond donors (Lipinski definition) is 1. The van der Waals surface area contributed by atoms with E-state index >= 15 is 0 Å². The zero-order valence-corrected chi connectivity index (χ0v) is 12.4. The van der Waals surface area contributed by atoms with Gasteiger partial charge in [0.15, 0.2) is 5.69 Å². The number of aromatic nitrogens is 3. The van der Waals surface area contributed by atoms with Gasteiger partial charge in [0.05, 0.1) is 5.02 Å². The van der Waals surface area contributed by atoms with Gasteiger partial charge in [-0.3, -0.25) is 0 Å². The van der Waals surface area contributed by atoms with E-state index in [1.807, 2.05) is 0 Å². The Balaban J connectivity index is 2.33. The SMILES string of the molecule is CCNc1nc(Sc2ccc(Cl)cn2)cc(C(F)(F)F)n1. The number of anilines is 1. The first-order valence-electron chi connectivity index (χ1n) is 5.88. The van der Waals surface area contributed by atoms with Crippen molar-refractivity contribution in [2.75, 3.05) is 11.9 Å². The molecule has 0 amide bonds. The summed E-state index contributed by atoms with van der Waals surface area (Å²) in [5, 5.41) is 3.78. The molecule has 0 radical (unpaired) electrons. The summed E-state index contributed by atoms with van der Waals surface area (Å²) >= 11 is 6.72. The summed E-state index contributed by atoms with van der Waals surface area (Å²) in [6, 6.07) is 4.10. The first kappa shape index (κ1) is 15.8. The minimum Gasteiger partial charge on any atom is -0.354 e. The van der Waals surface area contributed by atoms with Crippen LogP contribution < -0.4 is 5.32 Å². The van der Waals surface area contributed by atoms with Crippen LogP contribution in [0.3, 0.4) is 0 Å². The van der Waals surface area contributed by atoms with Crippen LogP contribution in [0, 0.1) is 0 Å². The van der Waals surface area contributed by atoms with Crippen LogP contribution in [0.2, 0.25) is 5.02 Å². The van der Waals surface area contributed by atoms with Crippen molar-refractivity contribution in [2.24, 2.45) is 0 Å². The molecule has 0 fully saturated rings. The molecule has 2 rings (SSSR count). The lowest BCUT2D eigenvalue weighted by molar-refractivity contribution is -0.141. The van der Waals surface area contributed by atoms with E-state index in [0.717, 1.165) is 17.8 Å². The van der Waals surface area contributed by atoms with Gasteiger partial charge in [-0.1, -0.05) is 11.6 Å². The summed E-state index contributed by atoms with van der Waals surface area (Å²) in [6.07, 6.45) is -3.11. The van der Waals surface area contributed by atoms with Crippen LogP contribution in [0.5, 0.6) is 0 Å². The van der Waals surface area contributed by atoms with Crippen molar-refractivity contribution < 1.29 is 13.2 Å². The standard InChI is InChI=1S/C12H10ClF3N4S/c1-2-17-11-19-8(12(14,15)16)5-10(20-11)21-9-4-3-7(13)6-18-9/h3-6H,2H2,1H3,(H,17,19,20). The molecule has 0 saturated heterocycles. The summed E-state index contributed by atoms with van der Waals surface area (Å²) in [5.41, 5.74) is -0.995. The monoisotopic (exact) mass is 334 g/mol. The fraction of sp³-hybridized carbons (Fsp3) is 0.250. The average molecular weight is 335 g/mol. The molecule has 0 bridgehead atoms. The lowest BCUT2D eigenvalue weighted by atomic mass is 10.4. The maximum Gasteiger partial charge on any atom is 0.433 e. The van der Waals surface area contributed by atoms with Gasteiger partial charge in [-0.25, -0.2) is 15.0 Å². The van der Waals surface area contributed by atoms with E-state index < -0.39 is 11.9 Å². The minimum atomic E-state index is -4.53. The van der Waals surface area contributed by atoms with E-state index in [9.17, 15) is 13.2 Å². The maximum absolute atomic E-state index is 12.8. The molecule has 2 heterocycles. The molecule has 0 aliphatic carbocycles. The third-order valence-corrected chi connectivity index (χ3v) is 3.33. The van der Waals surface area contributed by atoms with Crippen LogP contribution in [0.15, 0.2) is 34.4 Å². The molecule has 0 aromatic carbocycles. The fourth-order valence-corrected chi connectivity index (χ4v) is 2.26. The first-order chi connectivity index (χ1) is 9.88. The highest BCUT2D eigenvalue weighted by molar-refractivity contribution is 7.99. The van der Waals surface area contributed by atoms with Crippen molar-refractivity contribution >= 4 is 29.3 Å². The van der Waals surface area contributed by atoms with Crippen LogP contribution in [0.25, 0.3) is 0 Å². The first-order valence-corrected chi connectivity index (χ1v) is 7.07. The molecule has 1 N–H and O–H groups in total. The third kappa shape index (κ3) is 4.47. The average Bonchev–Trinajstić information content (AvgIpc) is 2.41. The number of halogens is 4. The predicted octanol–water partition coefficient (Wildman–Crippen LogP) is 4.13. The molecule has 0 saturated carbocycles. The van der Waals surface area contributed by atoms with E-state index in [1.165, 1.54) is 6.20 Å². The van der Waals surface area contributed by atoms with Gasteiger partial charge in [0.2, 0.25) is 5.95 Å². The Kier molecular flexibility index (Phi) is 4.89. The zero-order chi connectivity index (χ0) is 15.5. The van der Waals surface area contributed by atoms with Gasteiger partial charge in [0.25, 0.3) is 0 Å².